The monoisotopic (exact) mass is 259 g/mol. The molecule has 1 aromatic rings. The van der Waals surface area contributed by atoms with E-state index in [0.29, 0.717) is 5.56 Å². The highest BCUT2D eigenvalue weighted by molar-refractivity contribution is 5.52. The number of methoxy groups -OCH3 is 2. The lowest BCUT2D eigenvalue weighted by Crippen LogP contribution is -2.08. The SMILES string of the molecule is COc1cc(C(F)(F)F)cc(OC)c1C(C)C#N. The fraction of sp³-hybridized carbons (Fsp3) is 0.417. The quantitative estimate of drug-likeness (QED) is 0.835. The average Bonchev–Trinajstić information content (AvgIpc) is 2.34. The number of halogens is 3. The number of rotatable bonds is 3. The molecular weight excluding hydrogens is 247 g/mol. The highest BCUT2D eigenvalue weighted by atomic mass is 19.4. The summed E-state index contributed by atoms with van der Waals surface area (Å²) in [6, 6.07) is 3.68. The van der Waals surface area contributed by atoms with Gasteiger partial charge < -0.3 is 9.47 Å². The average molecular weight is 259 g/mol. The van der Waals surface area contributed by atoms with Gasteiger partial charge in [-0.3, -0.25) is 0 Å². The number of alkyl halides is 3. The lowest BCUT2D eigenvalue weighted by atomic mass is 9.98. The third-order valence-electron chi connectivity index (χ3n) is 2.50. The Morgan fingerprint density at radius 3 is 1.89 bits per heavy atom. The van der Waals surface area contributed by atoms with Gasteiger partial charge in [0, 0.05) is 0 Å². The van der Waals surface area contributed by atoms with Crippen LogP contribution in [0, 0.1) is 11.3 Å². The number of nitriles is 1. The van der Waals surface area contributed by atoms with Crippen molar-refractivity contribution in [3.8, 4) is 17.6 Å². The van der Waals surface area contributed by atoms with E-state index < -0.39 is 17.7 Å². The number of benzene rings is 1. The Hall–Kier alpha value is -1.90. The molecule has 0 amide bonds. The van der Waals surface area contributed by atoms with Crippen LogP contribution in [0.1, 0.15) is 24.0 Å². The first-order valence-corrected chi connectivity index (χ1v) is 5.07. The zero-order chi connectivity index (χ0) is 13.9. The van der Waals surface area contributed by atoms with E-state index in [1.807, 2.05) is 6.07 Å². The zero-order valence-corrected chi connectivity index (χ0v) is 10.1. The molecule has 1 rings (SSSR count). The summed E-state index contributed by atoms with van der Waals surface area (Å²) in [6.45, 7) is 1.56. The van der Waals surface area contributed by atoms with Gasteiger partial charge in [-0.25, -0.2) is 0 Å². The second-order valence-corrected chi connectivity index (χ2v) is 3.64. The van der Waals surface area contributed by atoms with E-state index in [9.17, 15) is 13.2 Å². The molecule has 0 aliphatic heterocycles. The largest absolute Gasteiger partial charge is 0.496 e. The summed E-state index contributed by atoms with van der Waals surface area (Å²) in [6.07, 6.45) is -4.49. The second-order valence-electron chi connectivity index (χ2n) is 3.64. The van der Waals surface area contributed by atoms with E-state index in [1.165, 1.54) is 14.2 Å². The van der Waals surface area contributed by atoms with Crippen molar-refractivity contribution < 1.29 is 22.6 Å². The van der Waals surface area contributed by atoms with Crippen LogP contribution in [-0.4, -0.2) is 14.2 Å². The molecule has 1 unspecified atom stereocenters. The number of hydrogen-bond acceptors (Lipinski definition) is 3. The molecule has 3 nitrogen and oxygen atoms in total. The fourth-order valence-electron chi connectivity index (χ4n) is 1.59. The van der Waals surface area contributed by atoms with Crippen molar-refractivity contribution in [3.63, 3.8) is 0 Å². The van der Waals surface area contributed by atoms with Crippen LogP contribution in [0.2, 0.25) is 0 Å². The summed E-state index contributed by atoms with van der Waals surface area (Å²) in [5, 5.41) is 8.87. The number of hydrogen-bond donors (Lipinski definition) is 0. The molecule has 0 saturated heterocycles. The van der Waals surface area contributed by atoms with E-state index in [0.717, 1.165) is 12.1 Å². The van der Waals surface area contributed by atoms with Gasteiger partial charge >= 0.3 is 6.18 Å². The Balaban J connectivity index is 3.50. The molecule has 0 radical (unpaired) electrons. The van der Waals surface area contributed by atoms with Crippen LogP contribution in [-0.2, 0) is 6.18 Å². The summed E-state index contributed by atoms with van der Waals surface area (Å²) in [4.78, 5) is 0. The Kier molecular flexibility index (Phi) is 4.07. The van der Waals surface area contributed by atoms with Gasteiger partial charge in [0.05, 0.1) is 37.3 Å². The lowest BCUT2D eigenvalue weighted by Gasteiger charge is -2.17. The minimum Gasteiger partial charge on any atom is -0.496 e. The molecule has 0 bridgehead atoms. The van der Waals surface area contributed by atoms with Crippen LogP contribution >= 0.6 is 0 Å². The summed E-state index contributed by atoms with van der Waals surface area (Å²) < 4.78 is 47.8. The van der Waals surface area contributed by atoms with Crippen molar-refractivity contribution >= 4 is 0 Å². The summed E-state index contributed by atoms with van der Waals surface area (Å²) in [5.41, 5.74) is -0.555. The predicted molar refractivity (Wildman–Crippen MR) is 58.6 cm³/mol. The van der Waals surface area contributed by atoms with Crippen LogP contribution in [0.25, 0.3) is 0 Å². The Morgan fingerprint density at radius 1 is 1.17 bits per heavy atom. The third-order valence-corrected chi connectivity index (χ3v) is 2.50. The molecule has 0 aromatic heterocycles. The van der Waals surface area contributed by atoms with Crippen molar-refractivity contribution in [2.45, 2.75) is 19.0 Å². The van der Waals surface area contributed by atoms with Gasteiger partial charge in [0.1, 0.15) is 11.5 Å². The standard InChI is InChI=1S/C12H12F3NO2/c1-7(6-16)11-9(17-2)4-8(12(13,14)15)5-10(11)18-3/h4-5,7H,1-3H3. The Morgan fingerprint density at radius 2 is 1.61 bits per heavy atom. The molecule has 0 aliphatic rings. The van der Waals surface area contributed by atoms with E-state index in [1.54, 1.807) is 6.92 Å². The molecule has 0 aliphatic carbocycles. The van der Waals surface area contributed by atoms with Gasteiger partial charge in [-0.1, -0.05) is 0 Å². The molecule has 0 fully saturated rings. The molecule has 6 heteroatoms. The maximum atomic E-state index is 12.7. The van der Waals surface area contributed by atoms with Crippen molar-refractivity contribution in [2.24, 2.45) is 0 Å². The smallest absolute Gasteiger partial charge is 0.416 e. The Labute approximate surface area is 103 Å². The van der Waals surface area contributed by atoms with E-state index in [4.69, 9.17) is 14.7 Å². The maximum Gasteiger partial charge on any atom is 0.416 e. The van der Waals surface area contributed by atoms with Crippen LogP contribution in [0.15, 0.2) is 12.1 Å². The first-order chi connectivity index (χ1) is 8.35. The number of nitrogens with zero attached hydrogens (tertiary/aromatic N) is 1. The molecule has 0 spiro atoms. The van der Waals surface area contributed by atoms with Gasteiger partial charge in [0.25, 0.3) is 0 Å². The number of ether oxygens (including phenoxy) is 2. The highest BCUT2D eigenvalue weighted by Gasteiger charge is 2.33. The molecule has 0 heterocycles. The lowest BCUT2D eigenvalue weighted by molar-refractivity contribution is -0.137. The van der Waals surface area contributed by atoms with Crippen molar-refractivity contribution in [3.05, 3.63) is 23.3 Å². The normalized spacial score (nSPS) is 12.7. The summed E-state index contributed by atoms with van der Waals surface area (Å²) in [7, 11) is 2.51. The second kappa shape index (κ2) is 5.17. The van der Waals surface area contributed by atoms with E-state index in [-0.39, 0.29) is 11.5 Å². The summed E-state index contributed by atoms with van der Waals surface area (Å²) in [5.74, 6) is -0.636. The van der Waals surface area contributed by atoms with E-state index in [2.05, 4.69) is 0 Å². The van der Waals surface area contributed by atoms with Gasteiger partial charge in [0.15, 0.2) is 0 Å². The summed E-state index contributed by atoms with van der Waals surface area (Å²) >= 11 is 0. The molecule has 1 atom stereocenters. The fourth-order valence-corrected chi connectivity index (χ4v) is 1.59. The molecule has 0 N–H and O–H groups in total. The molecule has 1 aromatic carbocycles. The zero-order valence-electron chi connectivity index (χ0n) is 10.1. The van der Waals surface area contributed by atoms with Crippen LogP contribution < -0.4 is 9.47 Å². The highest BCUT2D eigenvalue weighted by Crippen LogP contribution is 2.41. The third kappa shape index (κ3) is 2.67. The topological polar surface area (TPSA) is 42.2 Å². The van der Waals surface area contributed by atoms with Crippen LogP contribution in [0.5, 0.6) is 11.5 Å². The molecular formula is C12H12F3NO2. The van der Waals surface area contributed by atoms with Crippen LogP contribution in [0.3, 0.4) is 0 Å². The van der Waals surface area contributed by atoms with Crippen molar-refractivity contribution in [1.82, 2.24) is 0 Å². The van der Waals surface area contributed by atoms with Crippen LogP contribution in [0.4, 0.5) is 13.2 Å². The first-order valence-electron chi connectivity index (χ1n) is 5.07. The minimum absolute atomic E-state index is 0.00396. The van der Waals surface area contributed by atoms with Gasteiger partial charge in [-0.15, -0.1) is 0 Å². The van der Waals surface area contributed by atoms with Crippen molar-refractivity contribution in [2.75, 3.05) is 14.2 Å². The molecule has 98 valence electrons. The molecule has 0 saturated carbocycles. The Bertz CT molecular complexity index is 452. The maximum absolute atomic E-state index is 12.7. The van der Waals surface area contributed by atoms with Gasteiger partial charge in [0.2, 0.25) is 0 Å². The van der Waals surface area contributed by atoms with Crippen molar-refractivity contribution in [1.29, 1.82) is 5.26 Å². The van der Waals surface area contributed by atoms with Gasteiger partial charge in [-0.2, -0.15) is 18.4 Å². The predicted octanol–water partition coefficient (Wildman–Crippen LogP) is 3.35. The van der Waals surface area contributed by atoms with Gasteiger partial charge in [-0.05, 0) is 19.1 Å². The minimum atomic E-state index is -4.49. The molecule has 18 heavy (non-hydrogen) atoms. The first kappa shape index (κ1) is 14.2. The van der Waals surface area contributed by atoms with E-state index >= 15 is 0 Å².